The van der Waals surface area contributed by atoms with Gasteiger partial charge in [0, 0.05) is 11.4 Å². The van der Waals surface area contributed by atoms with E-state index in [1.165, 1.54) is 36.4 Å². The maximum Gasteiger partial charge on any atom is 0.264 e. The van der Waals surface area contributed by atoms with E-state index in [9.17, 15) is 21.6 Å². The topological polar surface area (TPSA) is 122 Å². The van der Waals surface area contributed by atoms with Crippen molar-refractivity contribution in [2.75, 3.05) is 27.5 Å². The zero-order chi connectivity index (χ0) is 30.3. The molecule has 0 saturated carbocycles. The molecule has 1 amide bonds. The zero-order valence-electron chi connectivity index (χ0n) is 23.6. The minimum Gasteiger partial charge on any atom is -0.494 e. The summed E-state index contributed by atoms with van der Waals surface area (Å²) in [4.78, 5) is 13.1. The molecule has 0 aliphatic rings. The molecule has 0 heterocycles. The highest BCUT2D eigenvalue weighted by atomic mass is 32.2. The number of hydrogen-bond donors (Lipinski definition) is 2. The molecule has 0 spiro atoms. The Bertz CT molecular complexity index is 1720. The third-order valence-electron chi connectivity index (χ3n) is 6.39. The quantitative estimate of drug-likeness (QED) is 0.217. The number of sulfonamides is 2. The Hall–Kier alpha value is -4.35. The summed E-state index contributed by atoms with van der Waals surface area (Å²) in [6, 6.07) is 25.6. The Morgan fingerprint density at radius 3 is 1.88 bits per heavy atom. The number of ether oxygens (including phenoxy) is 1. The average Bonchev–Trinajstić information content (AvgIpc) is 2.97. The fourth-order valence-corrected chi connectivity index (χ4v) is 6.58. The van der Waals surface area contributed by atoms with Crippen LogP contribution in [0.2, 0.25) is 0 Å². The monoisotopic (exact) mass is 607 g/mol. The van der Waals surface area contributed by atoms with Crippen molar-refractivity contribution in [1.82, 2.24) is 0 Å². The van der Waals surface area contributed by atoms with Crippen LogP contribution in [0.25, 0.3) is 0 Å². The summed E-state index contributed by atoms with van der Waals surface area (Å²) >= 11 is 0. The second-order valence-electron chi connectivity index (χ2n) is 9.48. The molecule has 0 atom stereocenters. The van der Waals surface area contributed by atoms with Crippen molar-refractivity contribution in [3.05, 3.63) is 108 Å². The van der Waals surface area contributed by atoms with Gasteiger partial charge in [0.05, 0.1) is 22.1 Å². The summed E-state index contributed by atoms with van der Waals surface area (Å²) in [5, 5.41) is 2.67. The van der Waals surface area contributed by atoms with Crippen molar-refractivity contribution in [3.63, 3.8) is 0 Å². The lowest BCUT2D eigenvalue weighted by molar-refractivity contribution is -0.114. The van der Waals surface area contributed by atoms with Gasteiger partial charge >= 0.3 is 0 Å². The molecule has 0 saturated heterocycles. The molecular formula is C31H33N3O6S2. The molecule has 0 aromatic heterocycles. The first kappa shape index (κ1) is 30.6. The van der Waals surface area contributed by atoms with Crippen molar-refractivity contribution in [1.29, 1.82) is 0 Å². The van der Waals surface area contributed by atoms with E-state index in [-0.39, 0.29) is 9.79 Å². The van der Waals surface area contributed by atoms with E-state index in [0.29, 0.717) is 29.4 Å². The molecule has 4 aromatic rings. The normalized spacial score (nSPS) is 11.5. The number of benzene rings is 4. The number of anilines is 3. The van der Waals surface area contributed by atoms with E-state index in [2.05, 4.69) is 10.0 Å². The SMILES string of the molecule is CCOc1ccc(NS(=O)(=O)c2ccc(NC(=O)CN(c3ccc(CC)cc3)S(=O)(=O)c3ccc(C)cc3)cc2)cc1. The van der Waals surface area contributed by atoms with Crippen molar-refractivity contribution in [2.45, 2.75) is 37.0 Å². The molecular weight excluding hydrogens is 574 g/mol. The van der Waals surface area contributed by atoms with Crippen LogP contribution in [0.1, 0.15) is 25.0 Å². The highest BCUT2D eigenvalue weighted by molar-refractivity contribution is 7.93. The molecule has 11 heteroatoms. The van der Waals surface area contributed by atoms with Gasteiger partial charge in [-0.25, -0.2) is 16.8 Å². The number of nitrogens with one attached hydrogen (secondary N) is 2. The molecule has 2 N–H and O–H groups in total. The lowest BCUT2D eigenvalue weighted by Gasteiger charge is -2.24. The lowest BCUT2D eigenvalue weighted by Crippen LogP contribution is -2.38. The Kier molecular flexibility index (Phi) is 9.54. The van der Waals surface area contributed by atoms with Gasteiger partial charge in [0.1, 0.15) is 12.3 Å². The number of nitrogens with zero attached hydrogens (tertiary/aromatic N) is 1. The summed E-state index contributed by atoms with van der Waals surface area (Å²) < 4.78 is 61.9. The van der Waals surface area contributed by atoms with Crippen LogP contribution in [0.4, 0.5) is 17.1 Å². The van der Waals surface area contributed by atoms with E-state index in [1.54, 1.807) is 48.5 Å². The minimum absolute atomic E-state index is 0.00558. The molecule has 4 rings (SSSR count). The predicted molar refractivity (Wildman–Crippen MR) is 165 cm³/mol. The average molecular weight is 608 g/mol. The summed E-state index contributed by atoms with van der Waals surface area (Å²) in [7, 11) is -7.95. The Morgan fingerprint density at radius 2 is 1.31 bits per heavy atom. The van der Waals surface area contributed by atoms with Crippen LogP contribution in [-0.2, 0) is 31.3 Å². The van der Waals surface area contributed by atoms with Crippen LogP contribution in [0.15, 0.2) is 107 Å². The van der Waals surface area contributed by atoms with Crippen molar-refractivity contribution in [2.24, 2.45) is 0 Å². The van der Waals surface area contributed by atoms with Gasteiger partial charge in [-0.05, 0) is 98.6 Å². The van der Waals surface area contributed by atoms with Gasteiger partial charge in [0.2, 0.25) is 5.91 Å². The fraction of sp³-hybridized carbons (Fsp3) is 0.194. The maximum atomic E-state index is 13.6. The molecule has 0 fully saturated rings. The Morgan fingerprint density at radius 1 is 0.738 bits per heavy atom. The van der Waals surface area contributed by atoms with Crippen LogP contribution in [0.5, 0.6) is 5.75 Å². The number of rotatable bonds is 12. The summed E-state index contributed by atoms with van der Waals surface area (Å²) in [6.07, 6.45) is 0.785. The van der Waals surface area contributed by atoms with Gasteiger partial charge < -0.3 is 10.1 Å². The van der Waals surface area contributed by atoms with Crippen molar-refractivity contribution >= 4 is 43.0 Å². The smallest absolute Gasteiger partial charge is 0.264 e. The summed E-state index contributed by atoms with van der Waals surface area (Å²) in [5.74, 6) is 0.0390. The zero-order valence-corrected chi connectivity index (χ0v) is 25.2. The number of carbonyl (C=O) groups excluding carboxylic acids is 1. The van der Waals surface area contributed by atoms with E-state index < -0.39 is 32.5 Å². The van der Waals surface area contributed by atoms with Gasteiger partial charge in [0.25, 0.3) is 20.0 Å². The van der Waals surface area contributed by atoms with Crippen LogP contribution in [-0.4, -0.2) is 35.9 Å². The van der Waals surface area contributed by atoms with Crippen LogP contribution in [0, 0.1) is 6.92 Å². The largest absolute Gasteiger partial charge is 0.494 e. The van der Waals surface area contributed by atoms with Gasteiger partial charge in [-0.15, -0.1) is 0 Å². The molecule has 0 aliphatic heterocycles. The summed E-state index contributed by atoms with van der Waals surface area (Å²) in [5.41, 5.74) is 2.98. The van der Waals surface area contributed by atoms with Gasteiger partial charge in [-0.2, -0.15) is 0 Å². The van der Waals surface area contributed by atoms with Crippen LogP contribution < -0.4 is 19.1 Å². The van der Waals surface area contributed by atoms with Gasteiger partial charge in [0.15, 0.2) is 0 Å². The second kappa shape index (κ2) is 13.1. The number of carbonyl (C=O) groups is 1. The van der Waals surface area contributed by atoms with Crippen LogP contribution >= 0.6 is 0 Å². The summed E-state index contributed by atoms with van der Waals surface area (Å²) in [6.45, 7) is 5.73. The third-order valence-corrected chi connectivity index (χ3v) is 9.58. The number of amides is 1. The second-order valence-corrected chi connectivity index (χ2v) is 13.0. The van der Waals surface area contributed by atoms with Gasteiger partial charge in [-0.3, -0.25) is 13.8 Å². The van der Waals surface area contributed by atoms with Crippen LogP contribution in [0.3, 0.4) is 0 Å². The standard InChI is InChI=1S/C31H33N3O6S2/c1-4-24-8-14-27(15-9-24)34(42(38,39)30-18-6-23(3)7-19-30)22-31(35)32-25-12-20-29(21-13-25)41(36,37)33-26-10-16-28(17-11-26)40-5-2/h6-21,33H,4-5,22H2,1-3H3,(H,32,35). The fourth-order valence-electron chi connectivity index (χ4n) is 4.10. The molecule has 220 valence electrons. The van der Waals surface area contributed by atoms with E-state index in [0.717, 1.165) is 21.9 Å². The number of hydrogen-bond acceptors (Lipinski definition) is 6. The first-order valence-corrected chi connectivity index (χ1v) is 16.3. The lowest BCUT2D eigenvalue weighted by atomic mass is 10.1. The first-order valence-electron chi connectivity index (χ1n) is 13.4. The Balaban J connectivity index is 1.50. The maximum absolute atomic E-state index is 13.6. The molecule has 0 unspecified atom stereocenters. The minimum atomic E-state index is -4.06. The van der Waals surface area contributed by atoms with Crippen molar-refractivity contribution < 1.29 is 26.4 Å². The first-order chi connectivity index (χ1) is 20.0. The van der Waals surface area contributed by atoms with Gasteiger partial charge in [-0.1, -0.05) is 36.8 Å². The molecule has 0 aliphatic carbocycles. The Labute approximate surface area is 247 Å². The third kappa shape index (κ3) is 7.48. The molecule has 9 nitrogen and oxygen atoms in total. The molecule has 0 bridgehead atoms. The van der Waals surface area contributed by atoms with E-state index in [1.807, 2.05) is 32.9 Å². The van der Waals surface area contributed by atoms with Crippen molar-refractivity contribution in [3.8, 4) is 5.75 Å². The van der Waals surface area contributed by atoms with E-state index >= 15 is 0 Å². The molecule has 4 aromatic carbocycles. The highest BCUT2D eigenvalue weighted by Crippen LogP contribution is 2.25. The predicted octanol–water partition coefficient (Wildman–Crippen LogP) is 5.59. The molecule has 0 radical (unpaired) electrons. The van der Waals surface area contributed by atoms with E-state index in [4.69, 9.17) is 4.74 Å². The number of aryl methyl sites for hydroxylation is 2. The highest BCUT2D eigenvalue weighted by Gasteiger charge is 2.27. The molecule has 42 heavy (non-hydrogen) atoms.